The largest absolute Gasteiger partial charge is 0.508 e. The van der Waals surface area contributed by atoms with E-state index in [-0.39, 0.29) is 33.9 Å². The molecule has 1 heterocycles. The second-order valence-corrected chi connectivity index (χ2v) is 7.31. The van der Waals surface area contributed by atoms with Gasteiger partial charge in [0.25, 0.3) is 5.91 Å². The highest BCUT2D eigenvalue weighted by Crippen LogP contribution is 2.34. The highest BCUT2D eigenvalue weighted by molar-refractivity contribution is 6.07. The van der Waals surface area contributed by atoms with Gasteiger partial charge in [-0.25, -0.2) is 4.79 Å². The van der Waals surface area contributed by atoms with E-state index in [2.05, 4.69) is 5.32 Å². The summed E-state index contributed by atoms with van der Waals surface area (Å²) >= 11 is 0. The molecule has 0 bridgehead atoms. The van der Waals surface area contributed by atoms with Crippen LogP contribution >= 0.6 is 0 Å². The van der Waals surface area contributed by atoms with E-state index in [9.17, 15) is 24.9 Å². The van der Waals surface area contributed by atoms with E-state index in [0.717, 1.165) is 5.57 Å². The Balaban J connectivity index is 1.93. The Hall–Kier alpha value is -3.32. The first kappa shape index (κ1) is 20.4. The maximum absolute atomic E-state index is 12.7. The van der Waals surface area contributed by atoms with Gasteiger partial charge < -0.3 is 25.1 Å². The van der Waals surface area contributed by atoms with Crippen molar-refractivity contribution in [3.05, 3.63) is 63.6 Å². The first-order valence-electron chi connectivity index (χ1n) is 9.20. The molecule has 29 heavy (non-hydrogen) atoms. The molecule has 1 aliphatic carbocycles. The average molecular weight is 397 g/mol. The second-order valence-electron chi connectivity index (χ2n) is 7.31. The van der Waals surface area contributed by atoms with E-state index in [1.807, 2.05) is 19.9 Å². The third kappa shape index (κ3) is 4.09. The first-order chi connectivity index (χ1) is 13.7. The number of phenols is 1. The molecule has 0 saturated heterocycles. The van der Waals surface area contributed by atoms with E-state index in [1.165, 1.54) is 24.3 Å². The maximum Gasteiger partial charge on any atom is 0.364 e. The molecule has 1 unspecified atom stereocenters. The van der Waals surface area contributed by atoms with Crippen LogP contribution in [0.1, 0.15) is 25.8 Å². The Morgan fingerprint density at radius 3 is 2.69 bits per heavy atom. The molecule has 0 fully saturated rings. The summed E-state index contributed by atoms with van der Waals surface area (Å²) < 4.78 is 5.20. The number of fused-ring (bicyclic) bond motifs is 1. The predicted molar refractivity (Wildman–Crippen MR) is 110 cm³/mol. The Morgan fingerprint density at radius 2 is 2.00 bits per heavy atom. The van der Waals surface area contributed by atoms with Crippen molar-refractivity contribution in [3.63, 3.8) is 0 Å². The smallest absolute Gasteiger partial charge is 0.364 e. The van der Waals surface area contributed by atoms with E-state index < -0.39 is 23.4 Å². The predicted octanol–water partition coefficient (Wildman–Crippen LogP) is 3.28. The molecule has 0 saturated carbocycles. The van der Waals surface area contributed by atoms with Crippen molar-refractivity contribution in [1.29, 1.82) is 0 Å². The summed E-state index contributed by atoms with van der Waals surface area (Å²) in [5.74, 6) is -1.39. The number of hydrogen-bond donors (Lipinski definition) is 4. The molecule has 2 aromatic rings. The van der Waals surface area contributed by atoms with Gasteiger partial charge in [-0.1, -0.05) is 29.9 Å². The number of hydrogen-bond acceptors (Lipinski definition) is 6. The van der Waals surface area contributed by atoms with E-state index in [4.69, 9.17) is 4.42 Å². The molecule has 1 aromatic carbocycles. The van der Waals surface area contributed by atoms with Gasteiger partial charge >= 0.3 is 5.63 Å². The van der Waals surface area contributed by atoms with Gasteiger partial charge in [0.1, 0.15) is 11.3 Å². The number of aliphatic hydroxyl groups excluding tert-OH is 1. The van der Waals surface area contributed by atoms with Crippen molar-refractivity contribution in [3.8, 4) is 11.5 Å². The lowest BCUT2D eigenvalue weighted by molar-refractivity contribution is -0.112. The standard InChI is InChI=1S/C22H23NO6/c1-11(2)4-5-13-10-14(6-8-17(13)25)21(27)23-18-19(26)15-7-9-16(24)12(3)20(15)29-22(18)28/h4,6-10,13,17,24-26H,5H2,1-3H3,(H,23,27)/t13-,17?/m1/s1. The summed E-state index contributed by atoms with van der Waals surface area (Å²) in [4.78, 5) is 25.0. The highest BCUT2D eigenvalue weighted by Gasteiger charge is 2.23. The molecule has 2 atom stereocenters. The summed E-state index contributed by atoms with van der Waals surface area (Å²) in [6, 6.07) is 2.77. The zero-order chi connectivity index (χ0) is 21.3. The SMILES string of the molecule is CC(C)=CC[C@@H]1C=C(C(=O)Nc2c(O)c3ccc(O)c(C)c3oc2=O)C=CC1O. The van der Waals surface area contributed by atoms with Gasteiger partial charge in [0, 0.05) is 17.1 Å². The minimum absolute atomic E-state index is 0.0483. The lowest BCUT2D eigenvalue weighted by atomic mass is 9.90. The molecule has 1 aliphatic rings. The topological polar surface area (TPSA) is 120 Å². The van der Waals surface area contributed by atoms with Crippen LogP contribution in [-0.2, 0) is 4.79 Å². The van der Waals surface area contributed by atoms with Gasteiger partial charge in [-0.15, -0.1) is 0 Å². The molecule has 0 aliphatic heterocycles. The fraction of sp³-hybridized carbons (Fsp3) is 0.273. The van der Waals surface area contributed by atoms with Gasteiger partial charge in [-0.2, -0.15) is 0 Å². The molecule has 1 aromatic heterocycles. The number of aliphatic hydroxyl groups is 1. The minimum atomic E-state index is -0.932. The zero-order valence-corrected chi connectivity index (χ0v) is 16.4. The van der Waals surface area contributed by atoms with Crippen LogP contribution in [-0.4, -0.2) is 27.3 Å². The number of amides is 1. The van der Waals surface area contributed by atoms with Crippen LogP contribution < -0.4 is 10.9 Å². The van der Waals surface area contributed by atoms with Crippen LogP contribution in [0.2, 0.25) is 0 Å². The number of aryl methyl sites for hydroxylation is 1. The normalized spacial score (nSPS) is 18.4. The molecular formula is C22H23NO6. The number of aromatic hydroxyl groups is 2. The Kier molecular flexibility index (Phi) is 5.61. The lowest BCUT2D eigenvalue weighted by Gasteiger charge is -2.21. The summed E-state index contributed by atoms with van der Waals surface area (Å²) in [5, 5.41) is 32.9. The van der Waals surface area contributed by atoms with Crippen molar-refractivity contribution in [2.45, 2.75) is 33.3 Å². The van der Waals surface area contributed by atoms with Crippen LogP contribution in [0, 0.1) is 12.8 Å². The summed E-state index contributed by atoms with van der Waals surface area (Å²) in [5.41, 5.74) is 0.413. The Bertz CT molecular complexity index is 1120. The fourth-order valence-electron chi connectivity index (χ4n) is 3.13. The third-order valence-corrected chi connectivity index (χ3v) is 4.87. The van der Waals surface area contributed by atoms with E-state index in [0.29, 0.717) is 12.0 Å². The summed E-state index contributed by atoms with van der Waals surface area (Å²) in [6.07, 6.45) is 6.46. The summed E-state index contributed by atoms with van der Waals surface area (Å²) in [6.45, 7) is 5.45. The van der Waals surface area contributed by atoms with Gasteiger partial charge in [-0.05, 0) is 39.3 Å². The number of anilines is 1. The molecule has 0 radical (unpaired) electrons. The Labute approximate surface area is 167 Å². The molecule has 7 nitrogen and oxygen atoms in total. The molecule has 4 N–H and O–H groups in total. The van der Waals surface area contributed by atoms with Crippen LogP contribution in [0.15, 0.2) is 56.8 Å². The first-order valence-corrected chi connectivity index (χ1v) is 9.20. The van der Waals surface area contributed by atoms with E-state index in [1.54, 1.807) is 13.0 Å². The number of allylic oxidation sites excluding steroid dienone is 2. The van der Waals surface area contributed by atoms with Crippen molar-refractivity contribution >= 4 is 22.6 Å². The van der Waals surface area contributed by atoms with Crippen LogP contribution in [0.3, 0.4) is 0 Å². The van der Waals surface area contributed by atoms with Crippen molar-refractivity contribution in [2.75, 3.05) is 5.32 Å². The van der Waals surface area contributed by atoms with Crippen molar-refractivity contribution < 1.29 is 24.5 Å². The number of rotatable bonds is 4. The van der Waals surface area contributed by atoms with Gasteiger partial charge in [-0.3, -0.25) is 4.79 Å². The maximum atomic E-state index is 12.7. The molecule has 7 heteroatoms. The Morgan fingerprint density at radius 1 is 1.28 bits per heavy atom. The van der Waals surface area contributed by atoms with Crippen LogP contribution in [0.5, 0.6) is 11.5 Å². The fourth-order valence-corrected chi connectivity index (χ4v) is 3.13. The van der Waals surface area contributed by atoms with Gasteiger partial charge in [0.05, 0.1) is 11.5 Å². The van der Waals surface area contributed by atoms with Gasteiger partial charge in [0.15, 0.2) is 11.4 Å². The van der Waals surface area contributed by atoms with Crippen molar-refractivity contribution in [1.82, 2.24) is 0 Å². The minimum Gasteiger partial charge on any atom is -0.508 e. The average Bonchev–Trinajstić information content (AvgIpc) is 2.67. The number of carbonyl (C=O) groups excluding carboxylic acids is 1. The molecule has 1 amide bonds. The molecule has 3 rings (SSSR count). The lowest BCUT2D eigenvalue weighted by Crippen LogP contribution is -2.24. The number of phenolic OH excluding ortho intramolecular Hbond substituents is 1. The monoisotopic (exact) mass is 397 g/mol. The third-order valence-electron chi connectivity index (χ3n) is 4.87. The number of benzene rings is 1. The highest BCUT2D eigenvalue weighted by atomic mass is 16.4. The quantitative estimate of drug-likeness (QED) is 0.464. The second kappa shape index (κ2) is 7.97. The van der Waals surface area contributed by atoms with Crippen molar-refractivity contribution in [2.24, 2.45) is 5.92 Å². The number of carbonyl (C=O) groups is 1. The molecule has 152 valence electrons. The van der Waals surface area contributed by atoms with Crippen LogP contribution in [0.4, 0.5) is 5.69 Å². The van der Waals surface area contributed by atoms with Gasteiger partial charge in [0.2, 0.25) is 0 Å². The molecule has 0 spiro atoms. The molecular weight excluding hydrogens is 374 g/mol. The zero-order valence-electron chi connectivity index (χ0n) is 16.4. The summed E-state index contributed by atoms with van der Waals surface area (Å²) in [7, 11) is 0. The number of nitrogens with one attached hydrogen (secondary N) is 1. The van der Waals surface area contributed by atoms with E-state index >= 15 is 0 Å². The van der Waals surface area contributed by atoms with Crippen LogP contribution in [0.25, 0.3) is 11.0 Å².